The van der Waals surface area contributed by atoms with Gasteiger partial charge in [-0.2, -0.15) is 5.26 Å². The van der Waals surface area contributed by atoms with Gasteiger partial charge in [-0.05, 0) is 24.3 Å². The van der Waals surface area contributed by atoms with E-state index in [0.717, 1.165) is 5.69 Å². The van der Waals surface area contributed by atoms with Crippen molar-refractivity contribution >= 4 is 12.0 Å². The number of nitrogens with zero attached hydrogens (tertiary/aromatic N) is 2. The van der Waals surface area contributed by atoms with Gasteiger partial charge >= 0.3 is 0 Å². The number of rotatable bonds is 4. The van der Waals surface area contributed by atoms with Crippen LogP contribution >= 0.6 is 0 Å². The summed E-state index contributed by atoms with van der Waals surface area (Å²) in [5.74, 6) is -0.436. The van der Waals surface area contributed by atoms with Crippen LogP contribution in [0.5, 0.6) is 0 Å². The molecule has 2 aromatic rings. The quantitative estimate of drug-likeness (QED) is 0.666. The van der Waals surface area contributed by atoms with Crippen LogP contribution in [-0.4, -0.2) is 10.9 Å². The summed E-state index contributed by atoms with van der Waals surface area (Å²) in [4.78, 5) is 15.9. The summed E-state index contributed by atoms with van der Waals surface area (Å²) in [7, 11) is 0. The van der Waals surface area contributed by atoms with Gasteiger partial charge in [0.2, 0.25) is 0 Å². The lowest BCUT2D eigenvalue weighted by atomic mass is 10.2. The first kappa shape index (κ1) is 12.6. The smallest absolute Gasteiger partial charge is 0.262 e. The van der Waals surface area contributed by atoms with E-state index in [9.17, 15) is 4.79 Å². The lowest BCUT2D eigenvalue weighted by Crippen LogP contribution is -2.24. The lowest BCUT2D eigenvalue weighted by Gasteiger charge is -2.03. The average Bonchev–Trinajstić information content (AvgIpc) is 2.96. The van der Waals surface area contributed by atoms with E-state index in [0.29, 0.717) is 5.56 Å². The number of hydrogen-bond acceptors (Lipinski definition) is 4. The molecule has 1 amide bonds. The summed E-state index contributed by atoms with van der Waals surface area (Å²) in [6, 6.07) is 8.96. The minimum absolute atomic E-state index is 0.0253. The van der Waals surface area contributed by atoms with E-state index >= 15 is 0 Å². The number of hydrogen-bond donors (Lipinski definition) is 1. The fourth-order valence-electron chi connectivity index (χ4n) is 1.44. The maximum absolute atomic E-state index is 11.8. The molecular formula is C14H11N3O2. The van der Waals surface area contributed by atoms with Gasteiger partial charge in [-0.15, -0.1) is 0 Å². The van der Waals surface area contributed by atoms with Crippen molar-refractivity contribution in [1.82, 2.24) is 10.3 Å². The normalized spacial score (nSPS) is 10.8. The molecule has 0 saturated heterocycles. The van der Waals surface area contributed by atoms with Crippen LogP contribution in [0.3, 0.4) is 0 Å². The molecular weight excluding hydrogens is 242 g/mol. The Morgan fingerprint density at radius 2 is 2.37 bits per heavy atom. The van der Waals surface area contributed by atoms with Gasteiger partial charge < -0.3 is 9.73 Å². The van der Waals surface area contributed by atoms with Gasteiger partial charge in [-0.1, -0.05) is 6.07 Å². The van der Waals surface area contributed by atoms with Gasteiger partial charge in [-0.3, -0.25) is 9.78 Å². The summed E-state index contributed by atoms with van der Waals surface area (Å²) < 4.78 is 4.87. The molecule has 5 nitrogen and oxygen atoms in total. The van der Waals surface area contributed by atoms with E-state index in [1.807, 2.05) is 12.1 Å². The molecule has 2 rings (SSSR count). The third kappa shape index (κ3) is 3.54. The highest BCUT2D eigenvalue weighted by molar-refractivity contribution is 6.01. The zero-order valence-corrected chi connectivity index (χ0v) is 10.0. The van der Waals surface area contributed by atoms with Crippen molar-refractivity contribution in [2.45, 2.75) is 6.54 Å². The number of carbonyl (C=O) groups is 1. The molecule has 0 spiro atoms. The number of carbonyl (C=O) groups excluding carboxylic acids is 1. The first-order valence-electron chi connectivity index (χ1n) is 5.61. The van der Waals surface area contributed by atoms with E-state index < -0.39 is 5.91 Å². The highest BCUT2D eigenvalue weighted by atomic mass is 16.3. The maximum atomic E-state index is 11.8. The molecule has 19 heavy (non-hydrogen) atoms. The van der Waals surface area contributed by atoms with Crippen LogP contribution in [0.15, 0.2) is 53.0 Å². The standard InChI is InChI=1S/C14H11N3O2/c15-8-12(7-11-4-6-19-10-11)14(18)17-9-13-3-1-2-5-16-13/h1-7,10H,9H2,(H,17,18)/b12-7+. The van der Waals surface area contributed by atoms with E-state index in [1.165, 1.54) is 18.6 Å². The molecule has 0 bridgehead atoms. The second-order valence-corrected chi connectivity index (χ2v) is 3.73. The fourth-order valence-corrected chi connectivity index (χ4v) is 1.44. The summed E-state index contributed by atoms with van der Waals surface area (Å²) >= 11 is 0. The lowest BCUT2D eigenvalue weighted by molar-refractivity contribution is -0.117. The minimum atomic E-state index is -0.436. The molecule has 0 saturated carbocycles. The second-order valence-electron chi connectivity index (χ2n) is 3.73. The van der Waals surface area contributed by atoms with Gasteiger partial charge in [0.15, 0.2) is 0 Å². The number of pyridine rings is 1. The van der Waals surface area contributed by atoms with Crippen molar-refractivity contribution in [3.8, 4) is 6.07 Å². The van der Waals surface area contributed by atoms with Crippen molar-refractivity contribution in [2.24, 2.45) is 0 Å². The number of amides is 1. The summed E-state index contributed by atoms with van der Waals surface area (Å²) in [6.45, 7) is 0.282. The maximum Gasteiger partial charge on any atom is 0.262 e. The Morgan fingerprint density at radius 1 is 1.47 bits per heavy atom. The minimum Gasteiger partial charge on any atom is -0.472 e. The molecule has 5 heteroatoms. The van der Waals surface area contributed by atoms with Crippen molar-refractivity contribution < 1.29 is 9.21 Å². The molecule has 0 unspecified atom stereocenters. The van der Waals surface area contributed by atoms with Gasteiger partial charge in [0.25, 0.3) is 5.91 Å². The Kier molecular flexibility index (Phi) is 4.09. The molecule has 0 aliphatic heterocycles. The largest absolute Gasteiger partial charge is 0.472 e. The van der Waals surface area contributed by atoms with Crippen LogP contribution in [0.4, 0.5) is 0 Å². The SMILES string of the molecule is N#C/C(=C\c1ccoc1)C(=O)NCc1ccccn1. The van der Waals surface area contributed by atoms with E-state index in [1.54, 1.807) is 24.4 Å². The van der Waals surface area contributed by atoms with Crippen LogP contribution < -0.4 is 5.32 Å². The second kappa shape index (κ2) is 6.17. The van der Waals surface area contributed by atoms with Gasteiger partial charge in [0.05, 0.1) is 24.8 Å². The van der Waals surface area contributed by atoms with E-state index in [4.69, 9.17) is 9.68 Å². The predicted octanol–water partition coefficient (Wildman–Crippen LogP) is 1.90. The number of furan rings is 1. The summed E-state index contributed by atoms with van der Waals surface area (Å²) in [5.41, 5.74) is 1.43. The molecule has 0 aliphatic rings. The van der Waals surface area contributed by atoms with Crippen molar-refractivity contribution in [1.29, 1.82) is 5.26 Å². The predicted molar refractivity (Wildman–Crippen MR) is 68.4 cm³/mol. The molecule has 1 N–H and O–H groups in total. The third-order valence-electron chi connectivity index (χ3n) is 2.38. The zero-order chi connectivity index (χ0) is 13.5. The fraction of sp³-hybridized carbons (Fsp3) is 0.0714. The highest BCUT2D eigenvalue weighted by Crippen LogP contribution is 2.07. The van der Waals surface area contributed by atoms with Crippen molar-refractivity contribution in [3.05, 3.63) is 59.8 Å². The van der Waals surface area contributed by atoms with Gasteiger partial charge in [0, 0.05) is 11.8 Å². The monoisotopic (exact) mass is 253 g/mol. The van der Waals surface area contributed by atoms with E-state index in [-0.39, 0.29) is 12.1 Å². The number of nitriles is 1. The van der Waals surface area contributed by atoms with Crippen molar-refractivity contribution in [3.63, 3.8) is 0 Å². The Labute approximate surface area is 110 Å². The third-order valence-corrected chi connectivity index (χ3v) is 2.38. The first-order chi connectivity index (χ1) is 9.29. The summed E-state index contributed by atoms with van der Waals surface area (Å²) in [6.07, 6.45) is 6.06. The van der Waals surface area contributed by atoms with Crippen LogP contribution in [0, 0.1) is 11.3 Å². The van der Waals surface area contributed by atoms with Gasteiger partial charge in [0.1, 0.15) is 11.6 Å². The molecule has 0 aromatic carbocycles. The molecule has 0 aliphatic carbocycles. The highest BCUT2D eigenvalue weighted by Gasteiger charge is 2.09. The molecule has 2 heterocycles. The molecule has 0 atom stereocenters. The van der Waals surface area contributed by atoms with Crippen molar-refractivity contribution in [2.75, 3.05) is 0 Å². The van der Waals surface area contributed by atoms with Gasteiger partial charge in [-0.25, -0.2) is 0 Å². The Hall–Kier alpha value is -2.87. The molecule has 0 fully saturated rings. The van der Waals surface area contributed by atoms with Crippen LogP contribution in [0.1, 0.15) is 11.3 Å². The number of nitrogens with one attached hydrogen (secondary N) is 1. The Balaban J connectivity index is 2.01. The average molecular weight is 253 g/mol. The zero-order valence-electron chi connectivity index (χ0n) is 10.0. The first-order valence-corrected chi connectivity index (χ1v) is 5.61. The molecule has 2 aromatic heterocycles. The van der Waals surface area contributed by atoms with Crippen LogP contribution in [-0.2, 0) is 11.3 Å². The van der Waals surface area contributed by atoms with E-state index in [2.05, 4.69) is 10.3 Å². The summed E-state index contributed by atoms with van der Waals surface area (Å²) in [5, 5.41) is 11.6. The Bertz CT molecular complexity index is 610. The Morgan fingerprint density at radius 3 is 3.00 bits per heavy atom. The topological polar surface area (TPSA) is 78.9 Å². The van der Waals surface area contributed by atoms with Crippen LogP contribution in [0.25, 0.3) is 6.08 Å². The molecule has 94 valence electrons. The number of aromatic nitrogens is 1. The molecule has 0 radical (unpaired) electrons. The van der Waals surface area contributed by atoms with Crippen LogP contribution in [0.2, 0.25) is 0 Å².